The second-order valence-corrected chi connectivity index (χ2v) is 8.03. The van der Waals surface area contributed by atoms with Gasteiger partial charge >= 0.3 is 12.2 Å². The Balaban J connectivity index is 1.75. The summed E-state index contributed by atoms with van der Waals surface area (Å²) >= 11 is 0. The van der Waals surface area contributed by atoms with Crippen molar-refractivity contribution in [1.82, 2.24) is 10.2 Å². The Kier molecular flexibility index (Phi) is 6.14. The third-order valence-corrected chi connectivity index (χ3v) is 4.45. The minimum atomic E-state index is -0.776. The largest absolute Gasteiger partial charge is 0.444 e. The zero-order valence-electron chi connectivity index (χ0n) is 17.7. The molecule has 0 saturated carbocycles. The van der Waals surface area contributed by atoms with Crippen molar-refractivity contribution in [1.29, 1.82) is 0 Å². The summed E-state index contributed by atoms with van der Waals surface area (Å²) in [6, 6.07) is 9.32. The molecule has 3 rings (SSSR count). The molecule has 164 valence electrons. The van der Waals surface area contributed by atoms with Crippen LogP contribution in [0.5, 0.6) is 5.75 Å². The maximum Gasteiger partial charge on any atom is 0.415 e. The number of hydrogen-bond donors (Lipinski definition) is 2. The molecule has 0 unspecified atom stereocenters. The van der Waals surface area contributed by atoms with Crippen LogP contribution >= 0.6 is 0 Å². The molecule has 1 aliphatic rings. The lowest BCUT2D eigenvalue weighted by Crippen LogP contribution is -2.37. The maximum absolute atomic E-state index is 14.9. The van der Waals surface area contributed by atoms with E-state index in [9.17, 15) is 18.8 Å². The third kappa shape index (κ3) is 5.30. The molecule has 31 heavy (non-hydrogen) atoms. The summed E-state index contributed by atoms with van der Waals surface area (Å²) in [6.45, 7) is 5.24. The summed E-state index contributed by atoms with van der Waals surface area (Å²) in [6.07, 6.45) is -1.44. The molecule has 0 fully saturated rings. The van der Waals surface area contributed by atoms with Gasteiger partial charge in [0.05, 0.1) is 18.8 Å². The van der Waals surface area contributed by atoms with Gasteiger partial charge in [0.25, 0.3) is 5.91 Å². The van der Waals surface area contributed by atoms with Crippen LogP contribution in [-0.2, 0) is 17.8 Å². The first kappa shape index (κ1) is 22.1. The Labute approximate surface area is 179 Å². The first-order valence-corrected chi connectivity index (χ1v) is 9.66. The second kappa shape index (κ2) is 8.63. The lowest BCUT2D eigenvalue weighted by atomic mass is 10.1. The van der Waals surface area contributed by atoms with E-state index in [1.54, 1.807) is 39.0 Å². The molecule has 0 radical (unpaired) electrons. The van der Waals surface area contributed by atoms with Gasteiger partial charge in [0.1, 0.15) is 11.4 Å². The van der Waals surface area contributed by atoms with Gasteiger partial charge in [0.2, 0.25) is 0 Å². The molecular weight excluding hydrogens is 405 g/mol. The number of carbonyl (C=O) groups is 3. The van der Waals surface area contributed by atoms with Crippen LogP contribution in [0.2, 0.25) is 0 Å². The number of fused-ring (bicyclic) bond motifs is 1. The minimum absolute atomic E-state index is 0.0484. The topological polar surface area (TPSA) is 97.0 Å². The number of amides is 3. The van der Waals surface area contributed by atoms with Gasteiger partial charge < -0.3 is 14.8 Å². The molecular formula is C22H24FN3O5. The average Bonchev–Trinajstić information content (AvgIpc) is 2.69. The van der Waals surface area contributed by atoms with E-state index >= 15 is 0 Å². The van der Waals surface area contributed by atoms with E-state index in [1.165, 1.54) is 30.1 Å². The van der Waals surface area contributed by atoms with Crippen molar-refractivity contribution in [2.75, 3.05) is 12.4 Å². The molecule has 2 aromatic carbocycles. The molecule has 0 aliphatic carbocycles. The van der Waals surface area contributed by atoms with Crippen LogP contribution in [-0.4, -0.2) is 35.6 Å². The summed E-state index contributed by atoms with van der Waals surface area (Å²) in [5.74, 6) is -0.664. The van der Waals surface area contributed by atoms with Crippen LogP contribution in [0.1, 0.15) is 42.3 Å². The molecule has 2 aromatic rings. The van der Waals surface area contributed by atoms with Gasteiger partial charge in [-0.05, 0) is 39.0 Å². The summed E-state index contributed by atoms with van der Waals surface area (Å²) in [4.78, 5) is 37.5. The quantitative estimate of drug-likeness (QED) is 0.764. The van der Waals surface area contributed by atoms with E-state index in [0.29, 0.717) is 16.9 Å². The SMILES string of the molecule is CNC(=O)c1ccc2c(c1)OC(=O)N(Cc1cccc(NC(=O)OC(C)(C)C)c1F)C2. The number of rotatable bonds is 4. The van der Waals surface area contributed by atoms with E-state index in [-0.39, 0.29) is 30.2 Å². The van der Waals surface area contributed by atoms with Crippen LogP contribution < -0.4 is 15.4 Å². The highest BCUT2D eigenvalue weighted by Crippen LogP contribution is 2.29. The van der Waals surface area contributed by atoms with Gasteiger partial charge in [-0.1, -0.05) is 18.2 Å². The van der Waals surface area contributed by atoms with Gasteiger partial charge in [-0.2, -0.15) is 0 Å². The fourth-order valence-electron chi connectivity index (χ4n) is 3.03. The lowest BCUT2D eigenvalue weighted by Gasteiger charge is -2.28. The number of ether oxygens (including phenoxy) is 2. The second-order valence-electron chi connectivity index (χ2n) is 8.03. The van der Waals surface area contributed by atoms with E-state index in [0.717, 1.165) is 0 Å². The number of nitrogens with zero attached hydrogens (tertiary/aromatic N) is 1. The fourth-order valence-corrected chi connectivity index (χ4v) is 3.03. The van der Waals surface area contributed by atoms with E-state index in [4.69, 9.17) is 9.47 Å². The van der Waals surface area contributed by atoms with Crippen LogP contribution in [0.3, 0.4) is 0 Å². The maximum atomic E-state index is 14.9. The van der Waals surface area contributed by atoms with Crippen LogP contribution in [0.25, 0.3) is 0 Å². The summed E-state index contributed by atoms with van der Waals surface area (Å²) in [7, 11) is 1.51. The number of carbonyl (C=O) groups excluding carboxylic acids is 3. The summed E-state index contributed by atoms with van der Waals surface area (Å²) in [5, 5.41) is 4.89. The molecule has 1 heterocycles. The molecule has 9 heteroatoms. The molecule has 1 aliphatic heterocycles. The average molecular weight is 429 g/mol. The molecule has 2 N–H and O–H groups in total. The summed E-state index contributed by atoms with van der Waals surface area (Å²) < 4.78 is 25.4. The van der Waals surface area contributed by atoms with Crippen LogP contribution in [0.15, 0.2) is 36.4 Å². The Hall–Kier alpha value is -3.62. The number of benzene rings is 2. The lowest BCUT2D eigenvalue weighted by molar-refractivity contribution is 0.0634. The molecule has 0 atom stereocenters. The highest BCUT2D eigenvalue weighted by Gasteiger charge is 2.27. The van der Waals surface area contributed by atoms with Gasteiger partial charge in [0, 0.05) is 23.7 Å². The van der Waals surface area contributed by atoms with Gasteiger partial charge in [-0.25, -0.2) is 14.0 Å². The Morgan fingerprint density at radius 2 is 1.97 bits per heavy atom. The van der Waals surface area contributed by atoms with E-state index < -0.39 is 23.6 Å². The van der Waals surface area contributed by atoms with Gasteiger partial charge in [0.15, 0.2) is 5.82 Å². The molecule has 3 amide bonds. The number of hydrogen-bond acceptors (Lipinski definition) is 5. The predicted octanol–water partition coefficient (Wildman–Crippen LogP) is 4.05. The predicted molar refractivity (Wildman–Crippen MR) is 111 cm³/mol. The number of halogens is 1. The standard InChI is InChI=1S/C22H24FN3O5/c1-22(2,3)31-20(28)25-16-7-5-6-15(18(16)23)12-26-11-14-9-8-13(19(27)24-4)10-17(14)30-21(26)29/h5-10H,11-12H2,1-4H3,(H,24,27)(H,25,28). The highest BCUT2D eigenvalue weighted by molar-refractivity contribution is 5.94. The third-order valence-electron chi connectivity index (χ3n) is 4.45. The molecule has 8 nitrogen and oxygen atoms in total. The van der Waals surface area contributed by atoms with Crippen molar-refractivity contribution >= 4 is 23.8 Å². The highest BCUT2D eigenvalue weighted by atomic mass is 19.1. The molecule has 0 spiro atoms. The van der Waals surface area contributed by atoms with Gasteiger partial charge in [-0.15, -0.1) is 0 Å². The Morgan fingerprint density at radius 1 is 1.23 bits per heavy atom. The molecule has 0 saturated heterocycles. The van der Waals surface area contributed by atoms with E-state index in [1.807, 2.05) is 0 Å². The van der Waals surface area contributed by atoms with Crippen molar-refractivity contribution in [3.8, 4) is 5.75 Å². The summed E-state index contributed by atoms with van der Waals surface area (Å²) in [5.41, 5.74) is 0.495. The minimum Gasteiger partial charge on any atom is -0.444 e. The van der Waals surface area contributed by atoms with Crippen molar-refractivity contribution in [2.24, 2.45) is 0 Å². The Morgan fingerprint density at radius 3 is 2.65 bits per heavy atom. The van der Waals surface area contributed by atoms with E-state index in [2.05, 4.69) is 10.6 Å². The smallest absolute Gasteiger partial charge is 0.415 e. The van der Waals surface area contributed by atoms with Crippen molar-refractivity contribution < 1.29 is 28.2 Å². The fraction of sp³-hybridized carbons (Fsp3) is 0.318. The van der Waals surface area contributed by atoms with Gasteiger partial charge in [-0.3, -0.25) is 15.0 Å². The zero-order chi connectivity index (χ0) is 22.8. The number of anilines is 1. The monoisotopic (exact) mass is 429 g/mol. The first-order valence-electron chi connectivity index (χ1n) is 9.66. The zero-order valence-corrected chi connectivity index (χ0v) is 17.7. The number of nitrogens with one attached hydrogen (secondary N) is 2. The first-order chi connectivity index (χ1) is 14.6. The van der Waals surface area contributed by atoms with Crippen molar-refractivity contribution in [3.63, 3.8) is 0 Å². The Bertz CT molecular complexity index is 1030. The molecule has 0 bridgehead atoms. The van der Waals surface area contributed by atoms with Crippen LogP contribution in [0, 0.1) is 5.82 Å². The van der Waals surface area contributed by atoms with Crippen LogP contribution in [0.4, 0.5) is 19.7 Å². The normalized spacial score (nSPS) is 13.2. The van der Waals surface area contributed by atoms with Crippen molar-refractivity contribution in [3.05, 3.63) is 58.9 Å². The molecule has 0 aromatic heterocycles. The van der Waals surface area contributed by atoms with Crippen molar-refractivity contribution in [2.45, 2.75) is 39.5 Å².